The number of sulfone groups is 1. The van der Waals surface area contributed by atoms with Crippen molar-refractivity contribution in [2.45, 2.75) is 4.90 Å². The number of nitrogen functional groups attached to an aromatic ring is 1. The normalized spacial score (nSPS) is 11.1. The summed E-state index contributed by atoms with van der Waals surface area (Å²) in [5.74, 6) is 6.43. The molecular formula is C12H14N4O2S. The van der Waals surface area contributed by atoms with Gasteiger partial charge in [0.1, 0.15) is 11.6 Å². The molecule has 1 aromatic carbocycles. The number of aromatic nitrogens is 1. The third-order valence-corrected chi connectivity index (χ3v) is 3.58. The molecule has 0 aliphatic rings. The highest BCUT2D eigenvalue weighted by atomic mass is 32.2. The van der Waals surface area contributed by atoms with Crippen molar-refractivity contribution in [3.63, 3.8) is 0 Å². The average Bonchev–Trinajstić information content (AvgIpc) is 2.38. The fourth-order valence-electron chi connectivity index (χ4n) is 1.52. The Bertz CT molecular complexity index is 668. The van der Waals surface area contributed by atoms with E-state index >= 15 is 0 Å². The van der Waals surface area contributed by atoms with Crippen LogP contribution in [0.4, 0.5) is 17.3 Å². The highest BCUT2D eigenvalue weighted by molar-refractivity contribution is 7.90. The maximum absolute atomic E-state index is 11.3. The first-order chi connectivity index (χ1) is 8.99. The maximum Gasteiger partial charge on any atom is 0.175 e. The molecule has 7 heteroatoms. The molecule has 0 bridgehead atoms. The van der Waals surface area contributed by atoms with Gasteiger partial charge in [-0.2, -0.15) is 0 Å². The molecule has 100 valence electrons. The molecule has 0 unspecified atom stereocenters. The lowest BCUT2D eigenvalue weighted by atomic mass is 10.3. The number of nitrogens with one attached hydrogen (secondary N) is 2. The van der Waals surface area contributed by atoms with E-state index in [2.05, 4.69) is 15.7 Å². The Kier molecular flexibility index (Phi) is 3.68. The highest BCUT2D eigenvalue weighted by Gasteiger charge is 2.06. The van der Waals surface area contributed by atoms with Gasteiger partial charge in [0.05, 0.1) is 4.90 Å². The van der Waals surface area contributed by atoms with Gasteiger partial charge in [-0.05, 0) is 36.4 Å². The van der Waals surface area contributed by atoms with Crippen molar-refractivity contribution in [1.29, 1.82) is 0 Å². The van der Waals surface area contributed by atoms with E-state index < -0.39 is 9.84 Å². The molecule has 0 aliphatic heterocycles. The Morgan fingerprint density at radius 3 is 2.26 bits per heavy atom. The predicted molar refractivity (Wildman–Crippen MR) is 74.9 cm³/mol. The molecule has 6 nitrogen and oxygen atoms in total. The molecule has 1 aromatic heterocycles. The number of nitrogens with two attached hydrogens (primary N) is 1. The fourth-order valence-corrected chi connectivity index (χ4v) is 2.15. The molecule has 4 N–H and O–H groups in total. The van der Waals surface area contributed by atoms with Crippen LogP contribution < -0.4 is 16.6 Å². The third kappa shape index (κ3) is 3.43. The van der Waals surface area contributed by atoms with Crippen LogP contribution in [-0.2, 0) is 9.84 Å². The molecule has 0 amide bonds. The van der Waals surface area contributed by atoms with Crippen molar-refractivity contribution in [3.05, 3.63) is 42.5 Å². The average molecular weight is 278 g/mol. The van der Waals surface area contributed by atoms with E-state index in [1.165, 1.54) is 6.26 Å². The minimum atomic E-state index is -3.17. The number of hydrogen-bond acceptors (Lipinski definition) is 6. The van der Waals surface area contributed by atoms with Crippen LogP contribution in [0.15, 0.2) is 47.4 Å². The SMILES string of the molecule is CS(=O)(=O)c1ccc(Nc2cccc(NN)n2)cc1. The van der Waals surface area contributed by atoms with Gasteiger partial charge in [-0.1, -0.05) is 6.07 Å². The number of pyridine rings is 1. The van der Waals surface area contributed by atoms with Crippen LogP contribution in [0.2, 0.25) is 0 Å². The van der Waals surface area contributed by atoms with Gasteiger partial charge in [-0.15, -0.1) is 0 Å². The van der Waals surface area contributed by atoms with Crippen molar-refractivity contribution in [1.82, 2.24) is 4.98 Å². The minimum absolute atomic E-state index is 0.281. The van der Waals surface area contributed by atoms with Gasteiger partial charge < -0.3 is 10.7 Å². The van der Waals surface area contributed by atoms with E-state index in [0.717, 1.165) is 5.69 Å². The van der Waals surface area contributed by atoms with E-state index in [4.69, 9.17) is 5.84 Å². The molecule has 0 fully saturated rings. The molecule has 0 atom stereocenters. The number of hydrogen-bond donors (Lipinski definition) is 3. The van der Waals surface area contributed by atoms with E-state index in [1.54, 1.807) is 42.5 Å². The first-order valence-electron chi connectivity index (χ1n) is 5.50. The Morgan fingerprint density at radius 2 is 1.68 bits per heavy atom. The lowest BCUT2D eigenvalue weighted by Gasteiger charge is -2.07. The van der Waals surface area contributed by atoms with Crippen molar-refractivity contribution < 1.29 is 8.42 Å². The fraction of sp³-hybridized carbons (Fsp3) is 0.0833. The summed E-state index contributed by atoms with van der Waals surface area (Å²) in [4.78, 5) is 4.47. The van der Waals surface area contributed by atoms with Gasteiger partial charge in [0.15, 0.2) is 9.84 Å². The summed E-state index contributed by atoms with van der Waals surface area (Å²) in [5.41, 5.74) is 3.20. The molecule has 0 saturated heterocycles. The van der Waals surface area contributed by atoms with Crippen LogP contribution in [0.3, 0.4) is 0 Å². The number of hydrazine groups is 1. The summed E-state index contributed by atoms with van der Waals surface area (Å²) in [5, 5.41) is 3.06. The van der Waals surface area contributed by atoms with Crippen LogP contribution in [0.25, 0.3) is 0 Å². The first kappa shape index (κ1) is 13.3. The van der Waals surface area contributed by atoms with Crippen molar-refractivity contribution in [2.75, 3.05) is 17.0 Å². The van der Waals surface area contributed by atoms with E-state index in [0.29, 0.717) is 11.6 Å². The number of rotatable bonds is 4. The molecule has 2 aromatic rings. The zero-order chi connectivity index (χ0) is 13.9. The second-order valence-electron chi connectivity index (χ2n) is 3.97. The van der Waals surface area contributed by atoms with Gasteiger partial charge in [-0.3, -0.25) is 0 Å². The lowest BCUT2D eigenvalue weighted by molar-refractivity contribution is 0.602. The smallest absolute Gasteiger partial charge is 0.175 e. The van der Waals surface area contributed by atoms with Crippen LogP contribution >= 0.6 is 0 Å². The second kappa shape index (κ2) is 5.25. The monoisotopic (exact) mass is 278 g/mol. The van der Waals surface area contributed by atoms with Gasteiger partial charge >= 0.3 is 0 Å². The van der Waals surface area contributed by atoms with Crippen molar-refractivity contribution >= 4 is 27.2 Å². The van der Waals surface area contributed by atoms with Crippen LogP contribution in [0.1, 0.15) is 0 Å². The van der Waals surface area contributed by atoms with Gasteiger partial charge in [-0.25, -0.2) is 19.2 Å². The lowest BCUT2D eigenvalue weighted by Crippen LogP contribution is -2.08. The molecule has 0 aliphatic carbocycles. The summed E-state index contributed by atoms with van der Waals surface area (Å²) in [6, 6.07) is 11.8. The van der Waals surface area contributed by atoms with E-state index in [1.807, 2.05) is 0 Å². The van der Waals surface area contributed by atoms with E-state index in [-0.39, 0.29) is 4.90 Å². The summed E-state index contributed by atoms with van der Waals surface area (Å²) in [6.07, 6.45) is 1.17. The molecule has 0 saturated carbocycles. The number of nitrogens with zero attached hydrogens (tertiary/aromatic N) is 1. The largest absolute Gasteiger partial charge is 0.340 e. The Morgan fingerprint density at radius 1 is 1.05 bits per heavy atom. The zero-order valence-electron chi connectivity index (χ0n) is 10.3. The summed E-state index contributed by atoms with van der Waals surface area (Å²) in [7, 11) is -3.17. The van der Waals surface area contributed by atoms with Crippen LogP contribution in [0, 0.1) is 0 Å². The molecule has 0 radical (unpaired) electrons. The quantitative estimate of drug-likeness (QED) is 0.579. The molecule has 1 heterocycles. The standard InChI is InChI=1S/C12H14N4O2S/c1-19(17,18)10-7-5-9(6-8-10)14-11-3-2-4-12(15-11)16-13/h2-8H,13H2,1H3,(H2,14,15,16). The maximum atomic E-state index is 11.3. The Balaban J connectivity index is 2.19. The van der Waals surface area contributed by atoms with Gasteiger partial charge in [0, 0.05) is 11.9 Å². The second-order valence-corrected chi connectivity index (χ2v) is 5.99. The van der Waals surface area contributed by atoms with Crippen LogP contribution in [-0.4, -0.2) is 19.7 Å². The Hall–Kier alpha value is -2.12. The van der Waals surface area contributed by atoms with Crippen molar-refractivity contribution in [2.24, 2.45) is 5.84 Å². The van der Waals surface area contributed by atoms with Gasteiger partial charge in [0.2, 0.25) is 0 Å². The number of benzene rings is 1. The first-order valence-corrected chi connectivity index (χ1v) is 7.39. The third-order valence-electron chi connectivity index (χ3n) is 2.45. The predicted octanol–water partition coefficient (Wildman–Crippen LogP) is 1.51. The Labute approximate surface area is 111 Å². The summed E-state index contributed by atoms with van der Waals surface area (Å²) >= 11 is 0. The summed E-state index contributed by atoms with van der Waals surface area (Å²) < 4.78 is 22.7. The van der Waals surface area contributed by atoms with Crippen molar-refractivity contribution in [3.8, 4) is 0 Å². The molecule has 19 heavy (non-hydrogen) atoms. The minimum Gasteiger partial charge on any atom is -0.340 e. The van der Waals surface area contributed by atoms with Gasteiger partial charge in [0.25, 0.3) is 0 Å². The molecule has 2 rings (SSSR count). The highest BCUT2D eigenvalue weighted by Crippen LogP contribution is 2.18. The van der Waals surface area contributed by atoms with E-state index in [9.17, 15) is 8.42 Å². The molecular weight excluding hydrogens is 264 g/mol. The topological polar surface area (TPSA) is 97.1 Å². The summed E-state index contributed by atoms with van der Waals surface area (Å²) in [6.45, 7) is 0. The zero-order valence-corrected chi connectivity index (χ0v) is 11.1. The number of anilines is 3. The van der Waals surface area contributed by atoms with Crippen LogP contribution in [0.5, 0.6) is 0 Å². The molecule has 0 spiro atoms.